The molecule has 1 fully saturated rings. The molecule has 10 heteroatoms. The van der Waals surface area contributed by atoms with Crippen LogP contribution >= 0.6 is 27.3 Å². The lowest BCUT2D eigenvalue weighted by Gasteiger charge is -2.14. The molecule has 8 nitrogen and oxygen atoms in total. The maximum atomic E-state index is 13.0. The van der Waals surface area contributed by atoms with E-state index < -0.39 is 11.9 Å². The van der Waals surface area contributed by atoms with Gasteiger partial charge in [0.15, 0.2) is 4.80 Å². The van der Waals surface area contributed by atoms with E-state index >= 15 is 0 Å². The second-order valence-corrected chi connectivity index (χ2v) is 8.90. The number of ether oxygens (including phenoxy) is 1. The molecule has 2 aromatic carbocycles. The first-order chi connectivity index (χ1) is 15.4. The normalized spacial score (nSPS) is 14.4. The Morgan fingerprint density at radius 3 is 2.59 bits per heavy atom. The van der Waals surface area contributed by atoms with Gasteiger partial charge >= 0.3 is 5.97 Å². The molecule has 0 unspecified atom stereocenters. The summed E-state index contributed by atoms with van der Waals surface area (Å²) in [5.41, 5.74) is 1.33. The molecule has 0 spiro atoms. The summed E-state index contributed by atoms with van der Waals surface area (Å²) in [5.74, 6) is -1.57. The van der Waals surface area contributed by atoms with Crippen LogP contribution in [0.15, 0.2) is 51.9 Å². The maximum Gasteiger partial charge on any atom is 0.326 e. The van der Waals surface area contributed by atoms with Gasteiger partial charge in [-0.1, -0.05) is 33.3 Å². The number of carbonyl (C=O) groups excluding carboxylic acids is 4. The molecule has 1 saturated heterocycles. The Kier molecular flexibility index (Phi) is 6.33. The summed E-state index contributed by atoms with van der Waals surface area (Å²) in [6, 6.07) is 11.8. The van der Waals surface area contributed by atoms with Gasteiger partial charge in [0.05, 0.1) is 22.5 Å². The number of hydrogen-bond donors (Lipinski definition) is 0. The monoisotopic (exact) mass is 515 g/mol. The number of hydrogen-bond acceptors (Lipinski definition) is 6. The van der Waals surface area contributed by atoms with Crippen molar-refractivity contribution < 1.29 is 23.9 Å². The Labute approximate surface area is 195 Å². The fourth-order valence-corrected chi connectivity index (χ4v) is 4.99. The lowest BCUT2D eigenvalue weighted by molar-refractivity contribution is -0.143. The highest BCUT2D eigenvalue weighted by Crippen LogP contribution is 2.25. The summed E-state index contributed by atoms with van der Waals surface area (Å²) in [5, 5.41) is 0. The van der Waals surface area contributed by atoms with E-state index in [-0.39, 0.29) is 43.4 Å². The third-order valence-electron chi connectivity index (χ3n) is 4.84. The van der Waals surface area contributed by atoms with Crippen LogP contribution in [0.2, 0.25) is 0 Å². The fraction of sp³-hybridized carbons (Fsp3) is 0.227. The lowest BCUT2D eigenvalue weighted by Crippen LogP contribution is -2.28. The highest BCUT2D eigenvalue weighted by Gasteiger charge is 2.30. The average Bonchev–Trinajstić information content (AvgIpc) is 3.26. The van der Waals surface area contributed by atoms with E-state index in [2.05, 4.69) is 20.9 Å². The van der Waals surface area contributed by atoms with Gasteiger partial charge in [0.2, 0.25) is 11.8 Å². The third kappa shape index (κ3) is 4.42. The van der Waals surface area contributed by atoms with Crippen molar-refractivity contribution in [1.82, 2.24) is 4.57 Å². The topological polar surface area (TPSA) is 98.0 Å². The van der Waals surface area contributed by atoms with Crippen LogP contribution in [0.3, 0.4) is 0 Å². The van der Waals surface area contributed by atoms with Crippen molar-refractivity contribution in [2.45, 2.75) is 26.3 Å². The zero-order valence-electron chi connectivity index (χ0n) is 17.0. The minimum atomic E-state index is -0.547. The third-order valence-corrected chi connectivity index (χ3v) is 6.37. The first kappa shape index (κ1) is 22.1. The number of aromatic nitrogens is 1. The zero-order chi connectivity index (χ0) is 22.8. The number of anilines is 1. The number of rotatable bonds is 5. The predicted octanol–water partition coefficient (Wildman–Crippen LogP) is 3.42. The summed E-state index contributed by atoms with van der Waals surface area (Å²) in [7, 11) is 0. The number of fused-ring (bicyclic) bond motifs is 1. The number of carbonyl (C=O) groups is 4. The first-order valence-corrected chi connectivity index (χ1v) is 11.5. The lowest BCUT2D eigenvalue weighted by atomic mass is 10.2. The molecule has 32 heavy (non-hydrogen) atoms. The Hall–Kier alpha value is -3.11. The first-order valence-electron chi connectivity index (χ1n) is 9.87. The van der Waals surface area contributed by atoms with Crippen LogP contribution < -0.4 is 9.70 Å². The molecule has 0 bridgehead atoms. The second kappa shape index (κ2) is 9.17. The molecule has 2 heterocycles. The van der Waals surface area contributed by atoms with E-state index in [0.717, 1.165) is 19.6 Å². The van der Waals surface area contributed by atoms with E-state index in [1.165, 1.54) is 17.4 Å². The van der Waals surface area contributed by atoms with Crippen LogP contribution in [0.1, 0.15) is 30.1 Å². The van der Waals surface area contributed by atoms with Crippen molar-refractivity contribution in [2.24, 2.45) is 4.99 Å². The molecule has 0 saturated carbocycles. The fourth-order valence-electron chi connectivity index (χ4n) is 3.41. The molecule has 3 aromatic rings. The van der Waals surface area contributed by atoms with Gasteiger partial charge in [-0.25, -0.2) is 0 Å². The van der Waals surface area contributed by atoms with Crippen LogP contribution in [-0.4, -0.2) is 34.9 Å². The van der Waals surface area contributed by atoms with E-state index in [0.29, 0.717) is 10.5 Å². The van der Waals surface area contributed by atoms with Gasteiger partial charge in [-0.15, -0.1) is 0 Å². The molecule has 1 aliphatic rings. The summed E-state index contributed by atoms with van der Waals surface area (Å²) < 4.78 is 8.41. The molecule has 4 rings (SSSR count). The average molecular weight is 516 g/mol. The Balaban J connectivity index is 1.75. The molecule has 0 radical (unpaired) electrons. The molecular formula is C22H18BrN3O5S. The Morgan fingerprint density at radius 1 is 1.12 bits per heavy atom. The van der Waals surface area contributed by atoms with E-state index in [4.69, 9.17) is 4.74 Å². The van der Waals surface area contributed by atoms with Gasteiger partial charge in [0, 0.05) is 22.9 Å². The van der Waals surface area contributed by atoms with Gasteiger partial charge in [-0.2, -0.15) is 4.99 Å². The predicted molar refractivity (Wildman–Crippen MR) is 122 cm³/mol. The number of amides is 3. The Bertz CT molecular complexity index is 1310. The largest absolute Gasteiger partial charge is 0.465 e. The molecule has 1 aliphatic heterocycles. The summed E-state index contributed by atoms with van der Waals surface area (Å²) in [6.45, 7) is 1.89. The van der Waals surface area contributed by atoms with E-state index in [1.54, 1.807) is 29.7 Å². The van der Waals surface area contributed by atoms with Crippen molar-refractivity contribution in [2.75, 3.05) is 11.5 Å². The minimum absolute atomic E-state index is 0.0849. The molecule has 3 amide bonds. The molecule has 0 atom stereocenters. The van der Waals surface area contributed by atoms with Crippen molar-refractivity contribution in [1.29, 1.82) is 0 Å². The number of nitrogens with zero attached hydrogens (tertiary/aromatic N) is 3. The van der Waals surface area contributed by atoms with Crippen molar-refractivity contribution in [3.63, 3.8) is 0 Å². The number of halogens is 1. The molecule has 164 valence electrons. The van der Waals surface area contributed by atoms with Gasteiger partial charge in [-0.05, 0) is 43.3 Å². The number of esters is 1. The van der Waals surface area contributed by atoms with Gasteiger partial charge < -0.3 is 9.30 Å². The van der Waals surface area contributed by atoms with Crippen LogP contribution in [-0.2, 0) is 25.7 Å². The quantitative estimate of drug-likeness (QED) is 0.383. The molecule has 1 aromatic heterocycles. The van der Waals surface area contributed by atoms with Crippen LogP contribution in [0.4, 0.5) is 5.69 Å². The van der Waals surface area contributed by atoms with Crippen LogP contribution in [0, 0.1) is 0 Å². The van der Waals surface area contributed by atoms with E-state index in [9.17, 15) is 19.2 Å². The summed E-state index contributed by atoms with van der Waals surface area (Å²) in [6.07, 6.45) is 0.319. The molecule has 0 aliphatic carbocycles. The molecule has 0 N–H and O–H groups in total. The minimum Gasteiger partial charge on any atom is -0.465 e. The highest BCUT2D eigenvalue weighted by molar-refractivity contribution is 9.10. The van der Waals surface area contributed by atoms with Crippen LogP contribution in [0.25, 0.3) is 10.2 Å². The van der Waals surface area contributed by atoms with Gasteiger partial charge in [0.25, 0.3) is 5.91 Å². The second-order valence-electron chi connectivity index (χ2n) is 6.98. The number of imide groups is 1. The standard InChI is InChI=1S/C22H18BrN3O5S/c1-2-31-20(29)12-25-16-7-6-14(23)11-17(16)32-22(25)24-21(30)13-4-3-5-15(10-13)26-18(27)8-9-19(26)28/h3-7,10-11H,2,8-9,12H2,1H3. The molecular weight excluding hydrogens is 498 g/mol. The van der Waals surface area contributed by atoms with E-state index in [1.807, 2.05) is 18.2 Å². The summed E-state index contributed by atoms with van der Waals surface area (Å²) >= 11 is 4.70. The van der Waals surface area contributed by atoms with Crippen LogP contribution in [0.5, 0.6) is 0 Å². The zero-order valence-corrected chi connectivity index (χ0v) is 19.4. The smallest absolute Gasteiger partial charge is 0.326 e. The highest BCUT2D eigenvalue weighted by atomic mass is 79.9. The van der Waals surface area contributed by atoms with Gasteiger partial charge in [0.1, 0.15) is 6.54 Å². The van der Waals surface area contributed by atoms with Gasteiger partial charge in [-0.3, -0.25) is 24.1 Å². The van der Waals surface area contributed by atoms with Crippen molar-refractivity contribution >= 4 is 66.9 Å². The summed E-state index contributed by atoms with van der Waals surface area (Å²) in [4.78, 5) is 54.8. The number of benzene rings is 2. The Morgan fingerprint density at radius 2 is 1.88 bits per heavy atom. The van der Waals surface area contributed by atoms with Crippen molar-refractivity contribution in [3.05, 3.63) is 57.3 Å². The SMILES string of the molecule is CCOC(=O)Cn1c(=NC(=O)c2cccc(N3C(=O)CCC3=O)c2)sc2cc(Br)ccc21. The van der Waals surface area contributed by atoms with Crippen molar-refractivity contribution in [3.8, 4) is 0 Å². The number of thiazole rings is 1. The maximum absolute atomic E-state index is 13.0.